The van der Waals surface area contributed by atoms with Crippen LogP contribution in [0.4, 0.5) is 15.8 Å². The van der Waals surface area contributed by atoms with Gasteiger partial charge < -0.3 is 16.2 Å². The maximum Gasteiger partial charge on any atom is 0.143 e. The first-order valence-corrected chi connectivity index (χ1v) is 6.15. The molecule has 5 heteroatoms. The van der Waals surface area contributed by atoms with Crippen LogP contribution in [0.1, 0.15) is 11.1 Å². The molecule has 2 rings (SSSR count). The smallest absolute Gasteiger partial charge is 0.143 e. The zero-order valence-corrected chi connectivity index (χ0v) is 10.9. The van der Waals surface area contributed by atoms with E-state index < -0.39 is 5.82 Å². The lowest BCUT2D eigenvalue weighted by Crippen LogP contribution is -2.03. The van der Waals surface area contributed by atoms with Gasteiger partial charge in [0.15, 0.2) is 0 Å². The van der Waals surface area contributed by atoms with Gasteiger partial charge in [-0.25, -0.2) is 4.39 Å². The van der Waals surface area contributed by atoms with Crippen LogP contribution in [0.25, 0.3) is 0 Å². The number of halogens is 2. The van der Waals surface area contributed by atoms with Crippen LogP contribution in [0.2, 0.25) is 5.02 Å². The zero-order chi connectivity index (χ0) is 13.8. The van der Waals surface area contributed by atoms with E-state index in [1.54, 1.807) is 0 Å². The summed E-state index contributed by atoms with van der Waals surface area (Å²) in [5.74, 6) is -0.535. The molecular formula is C14H14ClFN2O. The normalized spacial score (nSPS) is 10.5. The van der Waals surface area contributed by atoms with E-state index in [9.17, 15) is 4.39 Å². The Hall–Kier alpha value is -1.78. The van der Waals surface area contributed by atoms with E-state index >= 15 is 0 Å². The third-order valence-electron chi connectivity index (χ3n) is 2.75. The standard InChI is InChI=1S/C14H14ClFN2O/c15-11-5-14(13(17)6-12(11)16)18-7-9-2-1-3-10(4-9)8-19/h1-6,18-19H,7-8,17H2. The molecular weight excluding hydrogens is 267 g/mol. The molecule has 3 nitrogen and oxygen atoms in total. The maximum atomic E-state index is 13.2. The summed E-state index contributed by atoms with van der Waals surface area (Å²) in [5.41, 5.74) is 8.43. The highest BCUT2D eigenvalue weighted by atomic mass is 35.5. The molecule has 4 N–H and O–H groups in total. The van der Waals surface area contributed by atoms with Crippen molar-refractivity contribution in [3.8, 4) is 0 Å². The lowest BCUT2D eigenvalue weighted by atomic mass is 10.1. The summed E-state index contributed by atoms with van der Waals surface area (Å²) < 4.78 is 13.2. The van der Waals surface area contributed by atoms with Gasteiger partial charge in [-0.15, -0.1) is 0 Å². The molecule has 19 heavy (non-hydrogen) atoms. The molecule has 0 bridgehead atoms. The number of hydrogen-bond donors (Lipinski definition) is 3. The lowest BCUT2D eigenvalue weighted by molar-refractivity contribution is 0.281. The predicted octanol–water partition coefficient (Wildman–Crippen LogP) is 3.17. The number of benzene rings is 2. The summed E-state index contributed by atoms with van der Waals surface area (Å²) in [6.45, 7) is 0.512. The third-order valence-corrected chi connectivity index (χ3v) is 3.04. The van der Waals surface area contributed by atoms with Crippen LogP contribution in [-0.4, -0.2) is 5.11 Å². The van der Waals surface area contributed by atoms with Crippen LogP contribution < -0.4 is 11.1 Å². The molecule has 0 fully saturated rings. The number of anilines is 2. The molecule has 100 valence electrons. The molecule has 0 aliphatic rings. The minimum absolute atomic E-state index is 0.00163. The monoisotopic (exact) mass is 280 g/mol. The SMILES string of the molecule is Nc1cc(F)c(Cl)cc1NCc1cccc(CO)c1. The molecule has 0 saturated heterocycles. The number of nitrogen functional groups attached to an aromatic ring is 1. The Morgan fingerprint density at radius 3 is 2.68 bits per heavy atom. The van der Waals surface area contributed by atoms with Crippen LogP contribution in [0.5, 0.6) is 0 Å². The molecule has 0 heterocycles. The molecule has 0 radical (unpaired) electrons. The van der Waals surface area contributed by atoms with Crippen LogP contribution in [0.15, 0.2) is 36.4 Å². The van der Waals surface area contributed by atoms with E-state index in [1.807, 2.05) is 24.3 Å². The van der Waals surface area contributed by atoms with Crippen LogP contribution in [0, 0.1) is 5.82 Å². The van der Waals surface area contributed by atoms with Crippen molar-refractivity contribution in [2.45, 2.75) is 13.2 Å². The minimum Gasteiger partial charge on any atom is -0.397 e. The van der Waals surface area contributed by atoms with E-state index in [4.69, 9.17) is 22.4 Å². The van der Waals surface area contributed by atoms with Crippen molar-refractivity contribution in [2.75, 3.05) is 11.1 Å². The van der Waals surface area contributed by atoms with Crippen molar-refractivity contribution >= 4 is 23.0 Å². The van der Waals surface area contributed by atoms with Gasteiger partial charge in [-0.3, -0.25) is 0 Å². The van der Waals surface area contributed by atoms with E-state index in [0.717, 1.165) is 11.1 Å². The summed E-state index contributed by atoms with van der Waals surface area (Å²) in [6, 6.07) is 10.2. The summed E-state index contributed by atoms with van der Waals surface area (Å²) in [5, 5.41) is 12.2. The second-order valence-electron chi connectivity index (χ2n) is 4.19. The Balaban J connectivity index is 2.12. The van der Waals surface area contributed by atoms with Gasteiger partial charge in [0.1, 0.15) is 5.82 Å². The van der Waals surface area contributed by atoms with Gasteiger partial charge in [0.05, 0.1) is 23.0 Å². The summed E-state index contributed by atoms with van der Waals surface area (Å²) in [7, 11) is 0. The lowest BCUT2D eigenvalue weighted by Gasteiger charge is -2.11. The highest BCUT2D eigenvalue weighted by molar-refractivity contribution is 6.31. The van der Waals surface area contributed by atoms with E-state index in [-0.39, 0.29) is 11.6 Å². The fourth-order valence-corrected chi connectivity index (χ4v) is 1.91. The van der Waals surface area contributed by atoms with Gasteiger partial charge in [0.2, 0.25) is 0 Å². The fourth-order valence-electron chi connectivity index (χ4n) is 1.75. The van der Waals surface area contributed by atoms with E-state index in [0.29, 0.717) is 17.9 Å². The molecule has 0 atom stereocenters. The van der Waals surface area contributed by atoms with Gasteiger partial charge in [-0.05, 0) is 17.2 Å². The van der Waals surface area contributed by atoms with Gasteiger partial charge in [-0.2, -0.15) is 0 Å². The van der Waals surface area contributed by atoms with Gasteiger partial charge in [0, 0.05) is 12.6 Å². The number of nitrogens with two attached hydrogens (primary N) is 1. The van der Waals surface area contributed by atoms with Gasteiger partial charge in [-0.1, -0.05) is 35.9 Å². The summed E-state index contributed by atoms with van der Waals surface area (Å²) in [6.07, 6.45) is 0. The van der Waals surface area contributed by atoms with Gasteiger partial charge >= 0.3 is 0 Å². The van der Waals surface area contributed by atoms with Crippen LogP contribution in [-0.2, 0) is 13.2 Å². The van der Waals surface area contributed by atoms with Gasteiger partial charge in [0.25, 0.3) is 0 Å². The number of aliphatic hydroxyl groups is 1. The Labute approximate surface area is 115 Å². The van der Waals surface area contributed by atoms with E-state index in [2.05, 4.69) is 5.32 Å². The predicted molar refractivity (Wildman–Crippen MR) is 75.5 cm³/mol. The Kier molecular flexibility index (Phi) is 4.24. The first-order valence-electron chi connectivity index (χ1n) is 5.77. The van der Waals surface area contributed by atoms with Crippen molar-refractivity contribution in [1.29, 1.82) is 0 Å². The maximum absolute atomic E-state index is 13.2. The first kappa shape index (κ1) is 13.6. The second-order valence-corrected chi connectivity index (χ2v) is 4.59. The Morgan fingerprint density at radius 1 is 1.21 bits per heavy atom. The number of rotatable bonds is 4. The molecule has 0 aliphatic carbocycles. The highest BCUT2D eigenvalue weighted by Crippen LogP contribution is 2.26. The third kappa shape index (κ3) is 3.36. The number of aliphatic hydroxyl groups excluding tert-OH is 1. The van der Waals surface area contributed by atoms with Crippen LogP contribution in [0.3, 0.4) is 0 Å². The molecule has 0 amide bonds. The quantitative estimate of drug-likeness (QED) is 0.754. The summed E-state index contributed by atoms with van der Waals surface area (Å²) >= 11 is 5.71. The van der Waals surface area contributed by atoms with Crippen molar-refractivity contribution < 1.29 is 9.50 Å². The topological polar surface area (TPSA) is 58.3 Å². The van der Waals surface area contributed by atoms with Crippen molar-refractivity contribution in [3.05, 3.63) is 58.4 Å². The van der Waals surface area contributed by atoms with E-state index in [1.165, 1.54) is 12.1 Å². The van der Waals surface area contributed by atoms with Crippen LogP contribution >= 0.6 is 11.6 Å². The molecule has 0 aliphatic heterocycles. The van der Waals surface area contributed by atoms with Crippen molar-refractivity contribution in [2.24, 2.45) is 0 Å². The fraction of sp³-hybridized carbons (Fsp3) is 0.143. The molecule has 0 spiro atoms. The molecule has 2 aromatic rings. The second kappa shape index (κ2) is 5.91. The number of nitrogens with one attached hydrogen (secondary N) is 1. The summed E-state index contributed by atoms with van der Waals surface area (Å²) in [4.78, 5) is 0. The van der Waals surface area contributed by atoms with Crippen molar-refractivity contribution in [1.82, 2.24) is 0 Å². The van der Waals surface area contributed by atoms with Crippen molar-refractivity contribution in [3.63, 3.8) is 0 Å². The first-order chi connectivity index (χ1) is 9.10. The highest BCUT2D eigenvalue weighted by Gasteiger charge is 2.06. The zero-order valence-electron chi connectivity index (χ0n) is 10.2. The largest absolute Gasteiger partial charge is 0.397 e. The number of hydrogen-bond acceptors (Lipinski definition) is 3. The average Bonchev–Trinajstić information content (AvgIpc) is 2.41. The Bertz CT molecular complexity index is 590. The molecule has 2 aromatic carbocycles. The molecule has 0 unspecified atom stereocenters. The Morgan fingerprint density at radius 2 is 1.95 bits per heavy atom. The molecule has 0 aromatic heterocycles. The molecule has 0 saturated carbocycles. The minimum atomic E-state index is -0.535. The average molecular weight is 281 g/mol.